The van der Waals surface area contributed by atoms with Crippen molar-refractivity contribution in [2.75, 3.05) is 11.9 Å². The topological polar surface area (TPSA) is 67.0 Å². The van der Waals surface area contributed by atoms with E-state index < -0.39 is 6.09 Å². The second kappa shape index (κ2) is 4.45. The molecule has 0 unspecified atom stereocenters. The van der Waals surface area contributed by atoms with Crippen LogP contribution in [0.25, 0.3) is 0 Å². The number of carbonyl (C=O) groups is 1. The second-order valence-electron chi connectivity index (χ2n) is 2.82. The van der Waals surface area contributed by atoms with E-state index in [1.807, 2.05) is 6.92 Å². The summed E-state index contributed by atoms with van der Waals surface area (Å²) in [5, 5.41) is 9.28. The number of aryl methyl sites for hydroxylation is 2. The van der Waals surface area contributed by atoms with E-state index in [4.69, 9.17) is 4.74 Å². The zero-order valence-corrected chi connectivity index (χ0v) is 8.26. The number of rotatable bonds is 3. The highest BCUT2D eigenvalue weighted by atomic mass is 16.5. The Bertz CT molecular complexity index is 324. The Morgan fingerprint density at radius 3 is 2.93 bits per heavy atom. The van der Waals surface area contributed by atoms with E-state index in [0.29, 0.717) is 5.69 Å². The zero-order valence-electron chi connectivity index (χ0n) is 8.26. The van der Waals surface area contributed by atoms with E-state index >= 15 is 0 Å². The van der Waals surface area contributed by atoms with Gasteiger partial charge < -0.3 is 4.74 Å². The largest absolute Gasteiger partial charge is 0.445 e. The van der Waals surface area contributed by atoms with Gasteiger partial charge in [-0.2, -0.15) is 5.10 Å². The van der Waals surface area contributed by atoms with E-state index in [-0.39, 0.29) is 6.61 Å². The molecule has 0 aliphatic carbocycles. The maximum Gasteiger partial charge on any atom is 0.412 e. The van der Waals surface area contributed by atoms with Crippen molar-refractivity contribution in [3.63, 3.8) is 0 Å². The molecule has 0 aliphatic rings. The summed E-state index contributed by atoms with van der Waals surface area (Å²) in [5.41, 5.74) is 2.20. The van der Waals surface area contributed by atoms with Gasteiger partial charge in [0.2, 0.25) is 0 Å². The molecule has 0 saturated carbocycles. The van der Waals surface area contributed by atoms with Crippen molar-refractivity contribution in [3.05, 3.63) is 24.0 Å². The molecule has 14 heavy (non-hydrogen) atoms. The van der Waals surface area contributed by atoms with Crippen molar-refractivity contribution >= 4 is 11.8 Å². The Hall–Kier alpha value is -1.78. The van der Waals surface area contributed by atoms with Crippen molar-refractivity contribution in [2.24, 2.45) is 0 Å². The highest BCUT2D eigenvalue weighted by Crippen LogP contribution is 2.15. The van der Waals surface area contributed by atoms with Crippen LogP contribution in [0.4, 0.5) is 10.5 Å². The molecule has 0 aromatic carbocycles. The van der Waals surface area contributed by atoms with E-state index in [1.54, 1.807) is 6.92 Å². The van der Waals surface area contributed by atoms with Gasteiger partial charge in [0.1, 0.15) is 6.61 Å². The molecule has 5 heteroatoms. The summed E-state index contributed by atoms with van der Waals surface area (Å²) in [6.45, 7) is 7.26. The highest BCUT2D eigenvalue weighted by Gasteiger charge is 2.09. The number of nitrogens with one attached hydrogen (secondary N) is 2. The van der Waals surface area contributed by atoms with E-state index in [1.165, 1.54) is 6.08 Å². The average molecular weight is 195 g/mol. The van der Waals surface area contributed by atoms with Crippen molar-refractivity contribution in [2.45, 2.75) is 13.8 Å². The smallest absolute Gasteiger partial charge is 0.412 e. The number of nitrogens with zero attached hydrogens (tertiary/aromatic N) is 1. The van der Waals surface area contributed by atoms with Crippen molar-refractivity contribution in [1.29, 1.82) is 0 Å². The van der Waals surface area contributed by atoms with Crippen LogP contribution in [0.3, 0.4) is 0 Å². The summed E-state index contributed by atoms with van der Waals surface area (Å²) >= 11 is 0. The van der Waals surface area contributed by atoms with Crippen molar-refractivity contribution in [3.8, 4) is 0 Å². The van der Waals surface area contributed by atoms with Crippen molar-refractivity contribution < 1.29 is 9.53 Å². The first-order valence-electron chi connectivity index (χ1n) is 4.21. The molecule has 5 nitrogen and oxygen atoms in total. The Morgan fingerprint density at radius 1 is 1.71 bits per heavy atom. The Balaban J connectivity index is 2.59. The molecular weight excluding hydrogens is 182 g/mol. The third kappa shape index (κ3) is 2.35. The third-order valence-corrected chi connectivity index (χ3v) is 1.69. The summed E-state index contributed by atoms with van der Waals surface area (Å²) in [4.78, 5) is 11.2. The van der Waals surface area contributed by atoms with E-state index in [9.17, 15) is 4.79 Å². The second-order valence-corrected chi connectivity index (χ2v) is 2.82. The number of aromatic nitrogens is 2. The summed E-state index contributed by atoms with van der Waals surface area (Å²) < 4.78 is 4.76. The number of aromatic amines is 1. The molecule has 0 aliphatic heterocycles. The maximum absolute atomic E-state index is 11.2. The van der Waals surface area contributed by atoms with Gasteiger partial charge in [-0.05, 0) is 13.8 Å². The number of hydrogen-bond donors (Lipinski definition) is 2. The van der Waals surface area contributed by atoms with Gasteiger partial charge in [0.15, 0.2) is 0 Å². The van der Waals surface area contributed by atoms with Crippen LogP contribution in [-0.4, -0.2) is 22.9 Å². The number of H-pyrrole nitrogens is 1. The van der Waals surface area contributed by atoms with Crippen LogP contribution in [0, 0.1) is 13.8 Å². The van der Waals surface area contributed by atoms with Gasteiger partial charge in [-0.3, -0.25) is 10.4 Å². The van der Waals surface area contributed by atoms with Crippen LogP contribution in [-0.2, 0) is 4.74 Å². The van der Waals surface area contributed by atoms with Gasteiger partial charge >= 0.3 is 6.09 Å². The Kier molecular flexibility index (Phi) is 3.28. The predicted octanol–water partition coefficient (Wildman–Crippen LogP) is 1.76. The molecule has 0 radical (unpaired) electrons. The number of anilines is 1. The highest BCUT2D eigenvalue weighted by molar-refractivity contribution is 5.86. The van der Waals surface area contributed by atoms with Gasteiger partial charge in [-0.15, -0.1) is 0 Å². The minimum Gasteiger partial charge on any atom is -0.445 e. The van der Waals surface area contributed by atoms with Gasteiger partial charge in [0.05, 0.1) is 17.1 Å². The molecular formula is C9H13N3O2. The third-order valence-electron chi connectivity index (χ3n) is 1.69. The molecule has 76 valence electrons. The maximum atomic E-state index is 11.2. The first-order chi connectivity index (χ1) is 6.65. The quantitative estimate of drug-likeness (QED) is 0.722. The van der Waals surface area contributed by atoms with Gasteiger partial charge in [0, 0.05) is 0 Å². The molecule has 2 N–H and O–H groups in total. The first-order valence-corrected chi connectivity index (χ1v) is 4.21. The lowest BCUT2D eigenvalue weighted by molar-refractivity contribution is 0.174. The lowest BCUT2D eigenvalue weighted by atomic mass is 10.3. The lowest BCUT2D eigenvalue weighted by Crippen LogP contribution is -2.14. The monoisotopic (exact) mass is 195 g/mol. The van der Waals surface area contributed by atoms with Crippen LogP contribution in [0.2, 0.25) is 0 Å². The first kappa shape index (κ1) is 10.3. The zero-order chi connectivity index (χ0) is 10.6. The average Bonchev–Trinajstić information content (AvgIpc) is 2.46. The van der Waals surface area contributed by atoms with Crippen LogP contribution in [0.1, 0.15) is 11.4 Å². The SMILES string of the molecule is C=CCOC(=O)Nc1c(C)n[nH]c1C. The Morgan fingerprint density at radius 2 is 2.43 bits per heavy atom. The standard InChI is InChI=1S/C9H13N3O2/c1-4-5-14-9(13)10-8-6(2)11-12-7(8)3/h4H,1,5H2,2-3H3,(H,10,13)(H,11,12). The number of carbonyl (C=O) groups excluding carboxylic acids is 1. The summed E-state index contributed by atoms with van der Waals surface area (Å²) in [6, 6.07) is 0. The minimum absolute atomic E-state index is 0.196. The Labute approximate surface area is 82.2 Å². The fourth-order valence-electron chi connectivity index (χ4n) is 1.01. The lowest BCUT2D eigenvalue weighted by Gasteiger charge is -2.04. The molecule has 0 saturated heterocycles. The van der Waals surface area contributed by atoms with E-state index in [2.05, 4.69) is 22.1 Å². The van der Waals surface area contributed by atoms with E-state index in [0.717, 1.165) is 11.4 Å². The summed E-state index contributed by atoms with van der Waals surface area (Å²) in [5.74, 6) is 0. The van der Waals surface area contributed by atoms with Gasteiger partial charge in [-0.1, -0.05) is 12.7 Å². The molecule has 1 aromatic rings. The van der Waals surface area contributed by atoms with Crippen LogP contribution >= 0.6 is 0 Å². The molecule has 1 heterocycles. The molecule has 0 bridgehead atoms. The fraction of sp³-hybridized carbons (Fsp3) is 0.333. The van der Waals surface area contributed by atoms with Crippen molar-refractivity contribution in [1.82, 2.24) is 10.2 Å². The fourth-order valence-corrected chi connectivity index (χ4v) is 1.01. The molecule has 1 aromatic heterocycles. The summed E-state index contributed by atoms with van der Waals surface area (Å²) in [7, 11) is 0. The number of hydrogen-bond acceptors (Lipinski definition) is 3. The molecule has 1 amide bonds. The van der Waals surface area contributed by atoms with Gasteiger partial charge in [0.25, 0.3) is 0 Å². The number of ether oxygens (including phenoxy) is 1. The molecule has 0 atom stereocenters. The molecule has 0 fully saturated rings. The van der Waals surface area contributed by atoms with Crippen LogP contribution in [0.5, 0.6) is 0 Å². The van der Waals surface area contributed by atoms with Gasteiger partial charge in [-0.25, -0.2) is 4.79 Å². The van der Waals surface area contributed by atoms with Crippen LogP contribution in [0.15, 0.2) is 12.7 Å². The minimum atomic E-state index is -0.502. The molecule has 0 spiro atoms. The normalized spacial score (nSPS) is 9.57. The predicted molar refractivity (Wildman–Crippen MR) is 53.2 cm³/mol. The summed E-state index contributed by atoms with van der Waals surface area (Å²) in [6.07, 6.45) is 1.01. The molecule has 1 rings (SSSR count). The number of amides is 1. The van der Waals surface area contributed by atoms with Crippen LogP contribution < -0.4 is 5.32 Å².